The molecule has 0 radical (unpaired) electrons. The maximum Gasteiger partial charge on any atom is 0.338 e. The van der Waals surface area contributed by atoms with Crippen LogP contribution in [0.2, 0.25) is 0 Å². The predicted octanol–water partition coefficient (Wildman–Crippen LogP) is 2.57. The molecule has 0 aliphatic heterocycles. The van der Waals surface area contributed by atoms with Crippen molar-refractivity contribution in [2.24, 2.45) is 0 Å². The second-order valence-corrected chi connectivity index (χ2v) is 5.22. The zero-order chi connectivity index (χ0) is 19.8. The molecule has 1 aromatic heterocycles. The quantitative estimate of drug-likeness (QED) is 0.302. The average Bonchev–Trinajstić information content (AvgIpc) is 2.67. The predicted molar refractivity (Wildman–Crippen MR) is 93.9 cm³/mol. The maximum atomic E-state index is 12.0. The highest BCUT2D eigenvalue weighted by Crippen LogP contribution is 2.27. The molecule has 0 aliphatic rings. The molecule has 2 rings (SSSR count). The van der Waals surface area contributed by atoms with Crippen LogP contribution in [0.3, 0.4) is 0 Å². The lowest BCUT2D eigenvalue weighted by atomic mass is 10.2. The Kier molecular flexibility index (Phi) is 6.58. The monoisotopic (exact) mass is 376 g/mol. The minimum Gasteiger partial charge on any atom is -0.490 e. The van der Waals surface area contributed by atoms with Crippen LogP contribution in [0.1, 0.15) is 16.8 Å². The molecule has 0 saturated carbocycles. The lowest BCUT2D eigenvalue weighted by Gasteiger charge is -2.08. The van der Waals surface area contributed by atoms with Crippen molar-refractivity contribution in [2.75, 3.05) is 25.6 Å². The van der Waals surface area contributed by atoms with E-state index in [1.54, 1.807) is 0 Å². The molecule has 11 heteroatoms. The van der Waals surface area contributed by atoms with Crippen LogP contribution < -0.4 is 10.1 Å². The van der Waals surface area contributed by atoms with Crippen molar-refractivity contribution in [1.29, 1.82) is 0 Å². The van der Waals surface area contributed by atoms with E-state index in [9.17, 15) is 25.0 Å². The number of carbonyl (C=O) groups excluding carboxylic acids is 1. The smallest absolute Gasteiger partial charge is 0.338 e. The third-order valence-corrected chi connectivity index (χ3v) is 3.43. The highest BCUT2D eigenvalue weighted by Gasteiger charge is 2.18. The molecule has 142 valence electrons. The van der Waals surface area contributed by atoms with Gasteiger partial charge in [0.15, 0.2) is 5.75 Å². The van der Waals surface area contributed by atoms with Crippen LogP contribution in [0.25, 0.3) is 0 Å². The molecule has 0 bridgehead atoms. The molecular weight excluding hydrogens is 360 g/mol. The van der Waals surface area contributed by atoms with Gasteiger partial charge in [0.05, 0.1) is 29.1 Å². The second kappa shape index (κ2) is 9.08. The first-order valence-electron chi connectivity index (χ1n) is 7.76. The largest absolute Gasteiger partial charge is 0.490 e. The summed E-state index contributed by atoms with van der Waals surface area (Å²) in [4.78, 5) is 36.1. The van der Waals surface area contributed by atoms with Crippen molar-refractivity contribution >= 4 is 23.2 Å². The van der Waals surface area contributed by atoms with E-state index in [4.69, 9.17) is 9.47 Å². The van der Waals surface area contributed by atoms with E-state index >= 15 is 0 Å². The molecular formula is C16H16N4O7. The van der Waals surface area contributed by atoms with E-state index in [2.05, 4.69) is 10.3 Å². The summed E-state index contributed by atoms with van der Waals surface area (Å²) >= 11 is 0. The first-order valence-corrected chi connectivity index (χ1v) is 7.76. The molecule has 1 aromatic carbocycles. The Hall–Kier alpha value is -3.76. The minimum atomic E-state index is -0.628. The van der Waals surface area contributed by atoms with Crippen LogP contribution in [0.5, 0.6) is 5.75 Å². The fourth-order valence-electron chi connectivity index (χ4n) is 2.09. The van der Waals surface area contributed by atoms with Gasteiger partial charge in [-0.2, -0.15) is 0 Å². The number of benzene rings is 1. The van der Waals surface area contributed by atoms with Gasteiger partial charge in [-0.05, 0) is 18.6 Å². The summed E-state index contributed by atoms with van der Waals surface area (Å²) in [5.41, 5.74) is -0.204. The summed E-state index contributed by atoms with van der Waals surface area (Å²) in [6, 6.07) is 6.53. The molecule has 0 aliphatic carbocycles. The Labute approximate surface area is 153 Å². The Morgan fingerprint density at radius 1 is 1.19 bits per heavy atom. The number of nitrogens with one attached hydrogen (secondary N) is 1. The number of hydrogen-bond acceptors (Lipinski definition) is 9. The highest BCUT2D eigenvalue weighted by atomic mass is 16.6. The van der Waals surface area contributed by atoms with Crippen molar-refractivity contribution < 1.29 is 24.1 Å². The van der Waals surface area contributed by atoms with Crippen LogP contribution in [0.15, 0.2) is 36.5 Å². The summed E-state index contributed by atoms with van der Waals surface area (Å²) in [7, 11) is 1.27. The third kappa shape index (κ3) is 5.36. The zero-order valence-electron chi connectivity index (χ0n) is 14.3. The van der Waals surface area contributed by atoms with Crippen LogP contribution in [-0.4, -0.2) is 41.1 Å². The fraction of sp³-hybridized carbons (Fsp3) is 0.250. The topological polar surface area (TPSA) is 147 Å². The van der Waals surface area contributed by atoms with E-state index in [0.29, 0.717) is 18.8 Å². The van der Waals surface area contributed by atoms with Gasteiger partial charge in [-0.15, -0.1) is 0 Å². The number of ether oxygens (including phenoxy) is 2. The molecule has 2 aromatic rings. The Bertz CT molecular complexity index is 839. The van der Waals surface area contributed by atoms with E-state index in [-0.39, 0.29) is 29.3 Å². The first kappa shape index (κ1) is 19.6. The van der Waals surface area contributed by atoms with E-state index in [1.165, 1.54) is 37.4 Å². The Morgan fingerprint density at radius 3 is 2.56 bits per heavy atom. The third-order valence-electron chi connectivity index (χ3n) is 3.43. The lowest BCUT2D eigenvalue weighted by molar-refractivity contribution is -0.385. The maximum absolute atomic E-state index is 12.0. The van der Waals surface area contributed by atoms with Crippen molar-refractivity contribution in [3.05, 3.63) is 62.3 Å². The number of aromatic nitrogens is 1. The SMILES string of the molecule is COc1cc(C(=O)OCCCNc2ccc([N+](=O)[O-])cn2)ccc1[N+](=O)[O-]. The van der Waals surface area contributed by atoms with Crippen molar-refractivity contribution in [3.63, 3.8) is 0 Å². The molecule has 1 N–H and O–H groups in total. The molecule has 0 unspecified atom stereocenters. The summed E-state index contributed by atoms with van der Waals surface area (Å²) in [6.45, 7) is 0.541. The van der Waals surface area contributed by atoms with E-state index in [1.807, 2.05) is 0 Å². The summed E-state index contributed by atoms with van der Waals surface area (Å²) in [5, 5.41) is 24.3. The molecule has 0 amide bonds. The van der Waals surface area contributed by atoms with Crippen LogP contribution in [-0.2, 0) is 4.74 Å². The number of methoxy groups -OCH3 is 1. The number of pyridine rings is 1. The number of nitrogens with zero attached hydrogens (tertiary/aromatic N) is 3. The van der Waals surface area contributed by atoms with E-state index < -0.39 is 15.8 Å². The summed E-state index contributed by atoms with van der Waals surface area (Å²) in [5.74, 6) is -0.191. The Balaban J connectivity index is 1.79. The second-order valence-electron chi connectivity index (χ2n) is 5.22. The van der Waals surface area contributed by atoms with Crippen LogP contribution >= 0.6 is 0 Å². The molecule has 27 heavy (non-hydrogen) atoms. The van der Waals surface area contributed by atoms with Gasteiger partial charge in [-0.25, -0.2) is 9.78 Å². The fourth-order valence-corrected chi connectivity index (χ4v) is 2.09. The van der Waals surface area contributed by atoms with Gasteiger partial charge >= 0.3 is 11.7 Å². The van der Waals surface area contributed by atoms with Gasteiger partial charge in [0.1, 0.15) is 12.0 Å². The number of nitro groups is 2. The number of esters is 1. The average molecular weight is 376 g/mol. The highest BCUT2D eigenvalue weighted by molar-refractivity contribution is 5.90. The Morgan fingerprint density at radius 2 is 1.96 bits per heavy atom. The number of carbonyl (C=O) groups is 1. The van der Waals surface area contributed by atoms with Gasteiger partial charge in [0, 0.05) is 24.7 Å². The normalized spacial score (nSPS) is 10.1. The van der Waals surface area contributed by atoms with Gasteiger partial charge in [0.2, 0.25) is 0 Å². The van der Waals surface area contributed by atoms with Crippen LogP contribution in [0, 0.1) is 20.2 Å². The molecule has 0 atom stereocenters. The number of nitro benzene ring substituents is 1. The zero-order valence-corrected chi connectivity index (χ0v) is 14.3. The van der Waals surface area contributed by atoms with Gasteiger partial charge in [-0.3, -0.25) is 20.2 Å². The van der Waals surface area contributed by atoms with E-state index in [0.717, 1.165) is 6.20 Å². The van der Waals surface area contributed by atoms with Crippen LogP contribution in [0.4, 0.5) is 17.2 Å². The van der Waals surface area contributed by atoms with Gasteiger partial charge in [-0.1, -0.05) is 0 Å². The molecule has 0 saturated heterocycles. The molecule has 0 fully saturated rings. The number of rotatable bonds is 9. The summed E-state index contributed by atoms with van der Waals surface area (Å²) in [6.07, 6.45) is 1.61. The van der Waals surface area contributed by atoms with Gasteiger partial charge < -0.3 is 14.8 Å². The standard InChI is InChI=1S/C16H16N4O7/c1-26-14-9-11(3-5-13(14)20(24)25)16(21)27-8-2-7-17-15-6-4-12(10-18-15)19(22)23/h3-6,9-10H,2,7-8H2,1H3,(H,17,18). The van der Waals surface area contributed by atoms with Crippen molar-refractivity contribution in [2.45, 2.75) is 6.42 Å². The summed E-state index contributed by atoms with van der Waals surface area (Å²) < 4.78 is 10.0. The van der Waals surface area contributed by atoms with Crippen molar-refractivity contribution in [3.8, 4) is 5.75 Å². The van der Waals surface area contributed by atoms with Gasteiger partial charge in [0.25, 0.3) is 5.69 Å². The van der Waals surface area contributed by atoms with Crippen molar-refractivity contribution in [1.82, 2.24) is 4.98 Å². The number of hydrogen-bond donors (Lipinski definition) is 1. The molecule has 1 heterocycles. The molecule has 0 spiro atoms. The first-order chi connectivity index (χ1) is 12.9. The lowest BCUT2D eigenvalue weighted by Crippen LogP contribution is -2.11. The number of anilines is 1. The molecule has 11 nitrogen and oxygen atoms in total. The minimum absolute atomic E-state index is 0.0274.